The molecule has 7 heteroatoms. The second-order valence-electron chi connectivity index (χ2n) is 10.9. The van der Waals surface area contributed by atoms with Gasteiger partial charge < -0.3 is 15.1 Å². The highest BCUT2D eigenvalue weighted by Crippen LogP contribution is 2.38. The number of nitrogens with zero attached hydrogens (tertiary/aromatic N) is 3. The highest BCUT2D eigenvalue weighted by atomic mass is 16.2. The molecule has 1 saturated heterocycles. The molecule has 3 aliphatic rings. The largest absolute Gasteiger partial charge is 0.356 e. The first kappa shape index (κ1) is 24.6. The summed E-state index contributed by atoms with van der Waals surface area (Å²) in [5.74, 6) is -0.772. The van der Waals surface area contributed by atoms with Crippen molar-refractivity contribution in [3.8, 4) is 0 Å². The number of benzene rings is 2. The fraction of sp³-hybridized carbons (Fsp3) is 0.419. The number of fused-ring (bicyclic) bond motifs is 3. The molecule has 38 heavy (non-hydrogen) atoms. The van der Waals surface area contributed by atoms with Crippen LogP contribution < -0.4 is 5.32 Å². The van der Waals surface area contributed by atoms with Gasteiger partial charge in [-0.15, -0.1) is 0 Å². The summed E-state index contributed by atoms with van der Waals surface area (Å²) in [4.78, 5) is 49.5. The Morgan fingerprint density at radius 2 is 1.71 bits per heavy atom. The molecule has 1 aliphatic carbocycles. The van der Waals surface area contributed by atoms with Gasteiger partial charge in [0.25, 0.3) is 5.91 Å². The zero-order chi connectivity index (χ0) is 26.1. The molecule has 6 rings (SSSR count). The zero-order valence-corrected chi connectivity index (χ0v) is 21.6. The van der Waals surface area contributed by atoms with Gasteiger partial charge in [0.1, 0.15) is 5.69 Å². The average Bonchev–Trinajstić information content (AvgIpc) is 3.40. The van der Waals surface area contributed by atoms with E-state index >= 15 is 0 Å². The van der Waals surface area contributed by atoms with Crippen molar-refractivity contribution >= 4 is 28.5 Å². The molecule has 0 radical (unpaired) electrons. The molecule has 3 atom stereocenters. The van der Waals surface area contributed by atoms with Crippen LogP contribution in [-0.2, 0) is 22.6 Å². The predicted octanol–water partition coefficient (Wildman–Crippen LogP) is 3.96. The summed E-state index contributed by atoms with van der Waals surface area (Å²) in [5.41, 5.74) is 2.92. The summed E-state index contributed by atoms with van der Waals surface area (Å²) in [6, 6.07) is 17.6. The maximum atomic E-state index is 14.1. The maximum Gasteiger partial charge on any atom is 0.273 e. The first-order chi connectivity index (χ1) is 18.6. The van der Waals surface area contributed by atoms with Crippen molar-refractivity contribution in [3.05, 3.63) is 77.6 Å². The van der Waals surface area contributed by atoms with Gasteiger partial charge in [-0.05, 0) is 61.1 Å². The number of carbonyl (C=O) groups is 3. The van der Waals surface area contributed by atoms with Gasteiger partial charge in [0, 0.05) is 49.7 Å². The van der Waals surface area contributed by atoms with Crippen LogP contribution >= 0.6 is 0 Å². The van der Waals surface area contributed by atoms with Crippen LogP contribution in [0.3, 0.4) is 0 Å². The van der Waals surface area contributed by atoms with E-state index in [1.54, 1.807) is 6.20 Å². The van der Waals surface area contributed by atoms with E-state index in [0.717, 1.165) is 36.5 Å². The molecular formula is C31H34N4O3. The molecule has 196 valence electrons. The second kappa shape index (κ2) is 10.6. The smallest absolute Gasteiger partial charge is 0.273 e. The normalized spacial score (nSPS) is 23.9. The number of pyridine rings is 1. The molecule has 3 heterocycles. The summed E-state index contributed by atoms with van der Waals surface area (Å²) >= 11 is 0. The number of hydrogen-bond donors (Lipinski definition) is 1. The van der Waals surface area contributed by atoms with Crippen molar-refractivity contribution in [2.75, 3.05) is 19.6 Å². The minimum Gasteiger partial charge on any atom is -0.356 e. The van der Waals surface area contributed by atoms with Gasteiger partial charge in [0.2, 0.25) is 11.8 Å². The van der Waals surface area contributed by atoms with E-state index in [9.17, 15) is 14.4 Å². The Bertz CT molecular complexity index is 1370. The number of amides is 3. The zero-order valence-electron chi connectivity index (χ0n) is 21.6. The van der Waals surface area contributed by atoms with Crippen LogP contribution in [0.15, 0.2) is 60.8 Å². The third-order valence-electron chi connectivity index (χ3n) is 8.57. The number of rotatable bonds is 2. The van der Waals surface area contributed by atoms with Crippen molar-refractivity contribution in [1.29, 1.82) is 0 Å². The Labute approximate surface area is 223 Å². The van der Waals surface area contributed by atoms with Crippen molar-refractivity contribution in [2.24, 2.45) is 11.8 Å². The highest BCUT2D eigenvalue weighted by molar-refractivity contribution is 6.05. The number of carbonyl (C=O) groups excluding carboxylic acids is 3. The van der Waals surface area contributed by atoms with Gasteiger partial charge in [0.05, 0.1) is 5.92 Å². The third-order valence-corrected chi connectivity index (χ3v) is 8.57. The third kappa shape index (κ3) is 4.66. The molecule has 7 nitrogen and oxygen atoms in total. The van der Waals surface area contributed by atoms with Crippen LogP contribution in [0.1, 0.15) is 53.7 Å². The van der Waals surface area contributed by atoms with Crippen molar-refractivity contribution in [2.45, 2.75) is 51.1 Å². The first-order valence-electron chi connectivity index (χ1n) is 13.9. The van der Waals surface area contributed by atoms with Crippen molar-refractivity contribution < 1.29 is 14.4 Å². The maximum absolute atomic E-state index is 14.1. The van der Waals surface area contributed by atoms with E-state index in [1.165, 1.54) is 11.1 Å². The van der Waals surface area contributed by atoms with Gasteiger partial charge in [0.15, 0.2) is 0 Å². The monoisotopic (exact) mass is 510 g/mol. The Balaban J connectivity index is 1.29. The second-order valence-corrected chi connectivity index (χ2v) is 10.9. The molecule has 1 saturated carbocycles. The fourth-order valence-corrected chi connectivity index (χ4v) is 6.56. The summed E-state index contributed by atoms with van der Waals surface area (Å²) in [6.45, 7) is 2.50. The van der Waals surface area contributed by atoms with Crippen LogP contribution in [0.2, 0.25) is 0 Å². The van der Waals surface area contributed by atoms with Crippen molar-refractivity contribution in [1.82, 2.24) is 20.1 Å². The van der Waals surface area contributed by atoms with Gasteiger partial charge in [-0.25, -0.2) is 0 Å². The highest BCUT2D eigenvalue weighted by Gasteiger charge is 2.47. The lowest BCUT2D eigenvalue weighted by atomic mass is 9.97. The van der Waals surface area contributed by atoms with Gasteiger partial charge in [-0.3, -0.25) is 19.4 Å². The molecule has 3 unspecified atom stereocenters. The Morgan fingerprint density at radius 3 is 2.61 bits per heavy atom. The summed E-state index contributed by atoms with van der Waals surface area (Å²) in [5, 5.41) is 4.87. The van der Waals surface area contributed by atoms with Crippen LogP contribution in [-0.4, -0.2) is 58.2 Å². The molecule has 2 aliphatic heterocycles. The molecule has 2 aromatic carbocycles. The molecular weight excluding hydrogens is 476 g/mol. The number of nitrogens with one attached hydrogen (secondary N) is 1. The minimum atomic E-state index is -0.405. The minimum absolute atomic E-state index is 0.0418. The quantitative estimate of drug-likeness (QED) is 0.566. The number of hydrogen-bond acceptors (Lipinski definition) is 4. The molecule has 1 aromatic heterocycles. The topological polar surface area (TPSA) is 82.6 Å². The van der Waals surface area contributed by atoms with E-state index in [0.29, 0.717) is 44.7 Å². The van der Waals surface area contributed by atoms with Crippen LogP contribution in [0.25, 0.3) is 10.8 Å². The van der Waals surface area contributed by atoms with Crippen LogP contribution in [0.4, 0.5) is 0 Å². The average molecular weight is 511 g/mol. The molecule has 3 amide bonds. The van der Waals surface area contributed by atoms with E-state index in [1.807, 2.05) is 52.3 Å². The summed E-state index contributed by atoms with van der Waals surface area (Å²) < 4.78 is 0. The Morgan fingerprint density at radius 1 is 0.895 bits per heavy atom. The van der Waals surface area contributed by atoms with E-state index in [-0.39, 0.29) is 29.7 Å². The standard InChI is InChI=1S/C31H34N4O3/c36-29-26-18-24(30(37)34-17-13-21-8-2-3-10-23(21)20-34)19-27(26)35(16-7-1-6-14-33-29)31(38)28-25-11-5-4-9-22(25)12-15-32-28/h2-5,8-12,15,24,26-27H,1,6-7,13-14,16-20H2,(H,33,36). The molecule has 3 aromatic rings. The lowest BCUT2D eigenvalue weighted by molar-refractivity contribution is -0.136. The van der Waals surface area contributed by atoms with Crippen LogP contribution in [0.5, 0.6) is 0 Å². The van der Waals surface area contributed by atoms with Gasteiger partial charge >= 0.3 is 0 Å². The number of aromatic nitrogens is 1. The first-order valence-corrected chi connectivity index (χ1v) is 13.9. The molecule has 2 fully saturated rings. The Hall–Kier alpha value is -3.74. The van der Waals surface area contributed by atoms with E-state index in [4.69, 9.17) is 0 Å². The summed E-state index contributed by atoms with van der Waals surface area (Å²) in [7, 11) is 0. The van der Waals surface area contributed by atoms with Gasteiger partial charge in [-0.1, -0.05) is 48.5 Å². The fourth-order valence-electron chi connectivity index (χ4n) is 6.56. The van der Waals surface area contributed by atoms with Crippen molar-refractivity contribution in [3.63, 3.8) is 0 Å². The molecule has 0 spiro atoms. The predicted molar refractivity (Wildman–Crippen MR) is 145 cm³/mol. The lowest BCUT2D eigenvalue weighted by Gasteiger charge is -2.34. The molecule has 0 bridgehead atoms. The summed E-state index contributed by atoms with van der Waals surface area (Å²) in [6.07, 6.45) is 6.17. The lowest BCUT2D eigenvalue weighted by Crippen LogP contribution is -2.48. The SMILES string of the molecule is O=C1NCCCCCN(C(=O)c2nccc3ccccc23)C2CC(C(=O)N3CCc4ccccc4C3)CC12. The van der Waals surface area contributed by atoms with E-state index < -0.39 is 5.92 Å². The Kier molecular flexibility index (Phi) is 6.83. The van der Waals surface area contributed by atoms with Gasteiger partial charge in [-0.2, -0.15) is 0 Å². The van der Waals surface area contributed by atoms with E-state index in [2.05, 4.69) is 22.4 Å². The molecule has 1 N–H and O–H groups in total. The van der Waals surface area contributed by atoms with Crippen LogP contribution in [0, 0.1) is 11.8 Å².